The molecule has 0 aromatic carbocycles. The van der Waals surface area contributed by atoms with Gasteiger partial charge in [0.05, 0.1) is 12.6 Å². The minimum absolute atomic E-state index is 0.0327. The number of hydrogen-bond donors (Lipinski definition) is 5. The van der Waals surface area contributed by atoms with Crippen molar-refractivity contribution in [2.45, 2.75) is 29.6 Å². The lowest BCUT2D eigenvalue weighted by Crippen LogP contribution is -2.61. The molecule has 0 amide bonds. The van der Waals surface area contributed by atoms with Gasteiger partial charge in [0.2, 0.25) is 0 Å². The lowest BCUT2D eigenvalue weighted by molar-refractivity contribution is -0.121. The van der Waals surface area contributed by atoms with Crippen molar-refractivity contribution in [1.82, 2.24) is 9.97 Å². The second-order valence-electron chi connectivity index (χ2n) is 4.43. The molecule has 2 aliphatic rings. The Kier molecular flexibility index (Phi) is 3.13. The maximum atomic E-state index is 11.9. The summed E-state index contributed by atoms with van der Waals surface area (Å²) in [5.41, 5.74) is -0.0802. The van der Waals surface area contributed by atoms with Crippen LogP contribution in [0, 0.1) is 0 Å². The first-order chi connectivity index (χ1) is 9.10. The molecule has 0 radical (unpaired) electrons. The van der Waals surface area contributed by atoms with Crippen LogP contribution in [0.5, 0.6) is 0 Å². The predicted octanol–water partition coefficient (Wildman–Crippen LogP) is -1.22. The number of ether oxygens (including phenoxy) is 1. The highest BCUT2D eigenvalue weighted by Crippen LogP contribution is 2.29. The van der Waals surface area contributed by atoms with Crippen LogP contribution in [0.4, 0.5) is 11.5 Å². The van der Waals surface area contributed by atoms with Crippen molar-refractivity contribution in [3.63, 3.8) is 0 Å². The van der Waals surface area contributed by atoms with Crippen molar-refractivity contribution in [3.05, 3.63) is 10.4 Å². The molecule has 2 unspecified atom stereocenters. The summed E-state index contributed by atoms with van der Waals surface area (Å²) in [5, 5.41) is 25.8. The van der Waals surface area contributed by atoms with Gasteiger partial charge in [-0.05, 0) is 6.26 Å². The molecule has 0 aliphatic carbocycles. The Labute approximate surface area is 112 Å². The number of hydrogen-bond acceptors (Lipinski definition) is 8. The molecule has 4 atom stereocenters. The summed E-state index contributed by atoms with van der Waals surface area (Å²) in [6, 6.07) is -0.598. The van der Waals surface area contributed by atoms with Crippen molar-refractivity contribution < 1.29 is 14.9 Å². The minimum atomic E-state index is -1.01. The Bertz CT molecular complexity index is 551. The summed E-state index contributed by atoms with van der Waals surface area (Å²) < 4.78 is 5.39. The zero-order valence-electron chi connectivity index (χ0n) is 10.1. The van der Waals surface area contributed by atoms with Gasteiger partial charge >= 0.3 is 0 Å². The van der Waals surface area contributed by atoms with E-state index in [9.17, 15) is 15.0 Å². The van der Waals surface area contributed by atoms with Crippen molar-refractivity contribution >= 4 is 23.3 Å². The number of aliphatic hydroxyl groups is 2. The first-order valence-corrected chi connectivity index (χ1v) is 7.01. The van der Waals surface area contributed by atoms with Crippen molar-refractivity contribution in [3.8, 4) is 0 Å². The number of fused-ring (bicyclic) bond motifs is 2. The van der Waals surface area contributed by atoms with Crippen LogP contribution in [0.25, 0.3) is 0 Å². The van der Waals surface area contributed by atoms with Gasteiger partial charge in [-0.3, -0.25) is 9.78 Å². The quantitative estimate of drug-likeness (QED) is 0.322. The van der Waals surface area contributed by atoms with Gasteiger partial charge in [0.15, 0.2) is 17.2 Å². The molecule has 19 heavy (non-hydrogen) atoms. The van der Waals surface area contributed by atoms with Crippen LogP contribution in [0.3, 0.4) is 0 Å². The number of nitrogens with one attached hydrogen (secondary N) is 3. The molecule has 1 saturated heterocycles. The smallest absolute Gasteiger partial charge is 0.277 e. The van der Waals surface area contributed by atoms with E-state index in [4.69, 9.17) is 4.74 Å². The molecule has 0 bridgehead atoms. The Morgan fingerprint density at radius 3 is 2.95 bits per heavy atom. The second-order valence-corrected chi connectivity index (χ2v) is 5.22. The third-order valence-electron chi connectivity index (χ3n) is 3.22. The summed E-state index contributed by atoms with van der Waals surface area (Å²) >= 11 is 1.32. The number of aliphatic hydroxyl groups excluding tert-OH is 2. The maximum absolute atomic E-state index is 11.9. The van der Waals surface area contributed by atoms with Crippen LogP contribution in [0.1, 0.15) is 0 Å². The molecule has 1 fully saturated rings. The van der Waals surface area contributed by atoms with E-state index in [1.807, 2.05) is 0 Å². The number of thioether (sulfide) groups is 1. The van der Waals surface area contributed by atoms with Gasteiger partial charge in [-0.2, -0.15) is 0 Å². The molecule has 3 rings (SSSR count). The number of rotatable bonds is 1. The van der Waals surface area contributed by atoms with Crippen LogP contribution in [0.2, 0.25) is 0 Å². The number of nitrogens with zero attached hydrogens (tertiary/aromatic N) is 1. The SMILES string of the molecule is CSc1nc2c(c(=O)[nH]1)NC1C(N2)OC[C@@H](O)[C@H]1O. The van der Waals surface area contributed by atoms with Crippen molar-refractivity contribution in [2.75, 3.05) is 23.5 Å². The van der Waals surface area contributed by atoms with Gasteiger partial charge in [-0.25, -0.2) is 4.98 Å². The molecule has 8 nitrogen and oxygen atoms in total. The van der Waals surface area contributed by atoms with Gasteiger partial charge in [0.25, 0.3) is 5.56 Å². The van der Waals surface area contributed by atoms with Crippen LogP contribution >= 0.6 is 11.8 Å². The summed E-state index contributed by atoms with van der Waals surface area (Å²) in [4.78, 5) is 18.8. The average Bonchev–Trinajstić information content (AvgIpc) is 2.41. The molecule has 0 saturated carbocycles. The number of anilines is 2. The molecule has 2 aliphatic heterocycles. The zero-order valence-corrected chi connectivity index (χ0v) is 10.9. The molecule has 104 valence electrons. The van der Waals surface area contributed by atoms with Gasteiger partial charge in [-0.1, -0.05) is 11.8 Å². The third-order valence-corrected chi connectivity index (χ3v) is 3.80. The predicted molar refractivity (Wildman–Crippen MR) is 69.4 cm³/mol. The number of aromatic amines is 1. The molecule has 0 spiro atoms. The van der Waals surface area contributed by atoms with E-state index in [2.05, 4.69) is 20.6 Å². The Hall–Kier alpha value is -1.29. The zero-order chi connectivity index (χ0) is 13.6. The molecule has 1 aromatic heterocycles. The highest BCUT2D eigenvalue weighted by atomic mass is 32.2. The normalized spacial score (nSPS) is 32.8. The standard InChI is InChI=1S/C10H14N4O4S/c1-19-10-13-7-5(8(17)14-10)11-4-6(16)3(15)2-18-9(4)12-7/h3-4,6,9,11,15-16H,2H2,1H3,(H2,12,13,14,17)/t3-,4?,6-,9?/m1/s1. The van der Waals surface area contributed by atoms with Crippen LogP contribution in [0.15, 0.2) is 9.95 Å². The summed E-state index contributed by atoms with van der Waals surface area (Å²) in [6.07, 6.45) is -0.718. The fraction of sp³-hybridized carbons (Fsp3) is 0.600. The topological polar surface area (TPSA) is 120 Å². The summed E-state index contributed by atoms with van der Waals surface area (Å²) in [6.45, 7) is 0.0327. The molecular weight excluding hydrogens is 272 g/mol. The van der Waals surface area contributed by atoms with E-state index >= 15 is 0 Å². The fourth-order valence-electron chi connectivity index (χ4n) is 2.20. The van der Waals surface area contributed by atoms with E-state index in [1.54, 1.807) is 6.26 Å². The van der Waals surface area contributed by atoms with Gasteiger partial charge in [0.1, 0.15) is 17.9 Å². The van der Waals surface area contributed by atoms with E-state index in [1.165, 1.54) is 11.8 Å². The maximum Gasteiger partial charge on any atom is 0.277 e. The largest absolute Gasteiger partial charge is 0.388 e. The Morgan fingerprint density at radius 2 is 2.21 bits per heavy atom. The summed E-state index contributed by atoms with van der Waals surface area (Å²) in [5.74, 6) is 0.387. The van der Waals surface area contributed by atoms with E-state index < -0.39 is 24.5 Å². The van der Waals surface area contributed by atoms with E-state index in [0.29, 0.717) is 11.0 Å². The highest BCUT2D eigenvalue weighted by Gasteiger charge is 2.42. The highest BCUT2D eigenvalue weighted by molar-refractivity contribution is 7.98. The first kappa shape index (κ1) is 12.7. The van der Waals surface area contributed by atoms with Crippen molar-refractivity contribution in [2.24, 2.45) is 0 Å². The van der Waals surface area contributed by atoms with Gasteiger partial charge < -0.3 is 25.6 Å². The minimum Gasteiger partial charge on any atom is -0.388 e. The van der Waals surface area contributed by atoms with Gasteiger partial charge in [-0.15, -0.1) is 0 Å². The monoisotopic (exact) mass is 286 g/mol. The molecule has 1 aromatic rings. The van der Waals surface area contributed by atoms with Crippen molar-refractivity contribution in [1.29, 1.82) is 0 Å². The Balaban J connectivity index is 1.98. The lowest BCUT2D eigenvalue weighted by Gasteiger charge is -2.42. The molecule has 3 heterocycles. The average molecular weight is 286 g/mol. The molecule has 9 heteroatoms. The fourth-order valence-corrected chi connectivity index (χ4v) is 2.58. The second kappa shape index (κ2) is 4.67. The lowest BCUT2D eigenvalue weighted by atomic mass is 9.99. The number of aromatic nitrogens is 2. The van der Waals surface area contributed by atoms with Crippen LogP contribution in [-0.2, 0) is 4.74 Å². The molecule has 5 N–H and O–H groups in total. The first-order valence-electron chi connectivity index (χ1n) is 5.79. The van der Waals surface area contributed by atoms with Gasteiger partial charge in [0, 0.05) is 0 Å². The van der Waals surface area contributed by atoms with E-state index in [-0.39, 0.29) is 17.9 Å². The van der Waals surface area contributed by atoms with Crippen LogP contribution < -0.4 is 16.2 Å². The molecular formula is C10H14N4O4S. The Morgan fingerprint density at radius 1 is 1.42 bits per heavy atom. The van der Waals surface area contributed by atoms with E-state index in [0.717, 1.165) is 0 Å². The van der Waals surface area contributed by atoms with Crippen LogP contribution in [-0.4, -0.2) is 57.5 Å². The summed E-state index contributed by atoms with van der Waals surface area (Å²) in [7, 11) is 0. The third kappa shape index (κ3) is 2.08. The number of H-pyrrole nitrogens is 1.